The maximum atomic E-state index is 14.3. The van der Waals surface area contributed by atoms with E-state index in [0.29, 0.717) is 23.0 Å². The number of nitrogens with one attached hydrogen (secondary N) is 3. The van der Waals surface area contributed by atoms with Crippen molar-refractivity contribution in [2.24, 2.45) is 29.1 Å². The number of piperidine rings is 1. The van der Waals surface area contributed by atoms with Gasteiger partial charge < -0.3 is 16.0 Å². The van der Waals surface area contributed by atoms with Crippen LogP contribution in [0.3, 0.4) is 0 Å². The van der Waals surface area contributed by atoms with Crippen LogP contribution in [0.15, 0.2) is 22.7 Å². The Kier molecular flexibility index (Phi) is 5.57. The van der Waals surface area contributed by atoms with E-state index < -0.39 is 24.0 Å². The predicted octanol–water partition coefficient (Wildman–Crippen LogP) is 3.07. The first-order valence-electron chi connectivity index (χ1n) is 11.3. The summed E-state index contributed by atoms with van der Waals surface area (Å²) in [6.07, 6.45) is 3.49. The van der Waals surface area contributed by atoms with E-state index in [-0.39, 0.29) is 48.0 Å². The molecule has 2 bridgehead atoms. The van der Waals surface area contributed by atoms with Crippen molar-refractivity contribution in [3.05, 3.63) is 34.1 Å². The molecule has 1 saturated heterocycles. The van der Waals surface area contributed by atoms with Crippen LogP contribution in [0.4, 0.5) is 8.78 Å². The van der Waals surface area contributed by atoms with Crippen molar-refractivity contribution in [2.75, 3.05) is 13.1 Å². The van der Waals surface area contributed by atoms with Gasteiger partial charge in [0.05, 0.1) is 17.9 Å². The molecule has 1 spiro atoms. The van der Waals surface area contributed by atoms with Crippen molar-refractivity contribution in [3.63, 3.8) is 0 Å². The van der Waals surface area contributed by atoms with Crippen LogP contribution in [0.1, 0.15) is 37.7 Å². The van der Waals surface area contributed by atoms with Crippen LogP contribution in [0.2, 0.25) is 0 Å². The number of carbonyl (C=O) groups is 2. The summed E-state index contributed by atoms with van der Waals surface area (Å²) in [7, 11) is 0. The number of carbonyl (C=O) groups excluding carboxylic acids is 2. The number of hydrogen-bond acceptors (Lipinski definition) is 3. The second-order valence-corrected chi connectivity index (χ2v) is 10.6. The van der Waals surface area contributed by atoms with Gasteiger partial charge in [-0.05, 0) is 68.0 Å². The van der Waals surface area contributed by atoms with Gasteiger partial charge in [-0.15, -0.1) is 0 Å². The fourth-order valence-electron chi connectivity index (χ4n) is 6.59. The zero-order chi connectivity index (χ0) is 21.8. The average molecular weight is 496 g/mol. The van der Waals surface area contributed by atoms with E-state index in [4.69, 9.17) is 0 Å². The van der Waals surface area contributed by atoms with Crippen LogP contribution < -0.4 is 16.0 Å². The Hall–Kier alpha value is -1.54. The Morgan fingerprint density at radius 3 is 2.48 bits per heavy atom. The van der Waals surface area contributed by atoms with Gasteiger partial charge in [-0.2, -0.15) is 0 Å². The molecule has 5 rings (SSSR count). The van der Waals surface area contributed by atoms with Gasteiger partial charge in [-0.25, -0.2) is 8.78 Å². The van der Waals surface area contributed by atoms with Gasteiger partial charge in [0.25, 0.3) is 0 Å². The maximum absolute atomic E-state index is 14.3. The van der Waals surface area contributed by atoms with E-state index in [1.54, 1.807) is 12.1 Å². The Labute approximate surface area is 189 Å². The van der Waals surface area contributed by atoms with Gasteiger partial charge in [-0.1, -0.05) is 22.0 Å². The molecule has 2 amide bonds. The quantitative estimate of drug-likeness (QED) is 0.587. The molecule has 1 aromatic carbocycles. The minimum atomic E-state index is -1.11. The lowest BCUT2D eigenvalue weighted by atomic mass is 9.78. The normalized spacial score (nSPS) is 35.2. The Morgan fingerprint density at radius 2 is 1.84 bits per heavy atom. The second kappa shape index (κ2) is 8.10. The molecule has 1 aromatic rings. The highest BCUT2D eigenvalue weighted by molar-refractivity contribution is 9.10. The average Bonchev–Trinajstić information content (AvgIpc) is 3.41. The molecule has 4 aliphatic rings. The minimum absolute atomic E-state index is 0.0913. The molecule has 0 aromatic heterocycles. The van der Waals surface area contributed by atoms with E-state index in [1.165, 1.54) is 6.07 Å². The first kappa shape index (κ1) is 21.3. The molecular formula is C23H28BrF2N3O2. The van der Waals surface area contributed by atoms with E-state index in [0.717, 1.165) is 25.7 Å². The third-order valence-electron chi connectivity index (χ3n) is 8.16. The zero-order valence-electron chi connectivity index (χ0n) is 17.3. The van der Waals surface area contributed by atoms with E-state index in [9.17, 15) is 18.4 Å². The molecule has 1 heterocycles. The molecule has 1 aliphatic heterocycles. The first-order valence-corrected chi connectivity index (χ1v) is 12.1. The Balaban J connectivity index is 1.32. The van der Waals surface area contributed by atoms with Crippen molar-refractivity contribution in [1.29, 1.82) is 0 Å². The van der Waals surface area contributed by atoms with Gasteiger partial charge in [0, 0.05) is 23.1 Å². The van der Waals surface area contributed by atoms with Crippen LogP contribution in [0, 0.1) is 34.9 Å². The van der Waals surface area contributed by atoms with Crippen LogP contribution >= 0.6 is 15.9 Å². The van der Waals surface area contributed by atoms with E-state index in [1.807, 2.05) is 0 Å². The summed E-state index contributed by atoms with van der Waals surface area (Å²) in [4.78, 5) is 26.6. The van der Waals surface area contributed by atoms with Crippen molar-refractivity contribution in [2.45, 2.75) is 50.9 Å². The third kappa shape index (κ3) is 3.69. The zero-order valence-corrected chi connectivity index (χ0v) is 18.9. The summed E-state index contributed by atoms with van der Waals surface area (Å²) in [5.41, 5.74) is 0.521. The fourth-order valence-corrected chi connectivity index (χ4v) is 6.92. The highest BCUT2D eigenvalue weighted by atomic mass is 79.9. The van der Waals surface area contributed by atoms with Crippen molar-refractivity contribution in [1.82, 2.24) is 16.0 Å². The van der Waals surface area contributed by atoms with E-state index in [2.05, 4.69) is 31.9 Å². The van der Waals surface area contributed by atoms with Gasteiger partial charge in [0.1, 0.15) is 12.0 Å². The van der Waals surface area contributed by atoms with Crippen molar-refractivity contribution >= 4 is 27.7 Å². The van der Waals surface area contributed by atoms with Crippen molar-refractivity contribution in [3.8, 4) is 0 Å². The number of halogens is 3. The smallest absolute Gasteiger partial charge is 0.224 e. The summed E-state index contributed by atoms with van der Waals surface area (Å²) >= 11 is 3.24. The summed E-state index contributed by atoms with van der Waals surface area (Å²) in [5.74, 6) is -1.19. The van der Waals surface area contributed by atoms with Crippen LogP contribution in [-0.2, 0) is 16.1 Å². The lowest BCUT2D eigenvalue weighted by Crippen LogP contribution is -2.54. The molecule has 3 N–H and O–H groups in total. The molecule has 4 unspecified atom stereocenters. The van der Waals surface area contributed by atoms with E-state index >= 15 is 0 Å². The van der Waals surface area contributed by atoms with Gasteiger partial charge in [0.2, 0.25) is 11.8 Å². The van der Waals surface area contributed by atoms with Gasteiger partial charge >= 0.3 is 0 Å². The van der Waals surface area contributed by atoms with Gasteiger partial charge in [-0.3, -0.25) is 9.59 Å². The highest BCUT2D eigenvalue weighted by Crippen LogP contribution is 2.74. The minimum Gasteiger partial charge on any atom is -0.352 e. The summed E-state index contributed by atoms with van der Waals surface area (Å²) < 4.78 is 29.1. The number of rotatable bonds is 5. The molecule has 3 saturated carbocycles. The number of hydrogen-bond donors (Lipinski definition) is 3. The lowest BCUT2D eigenvalue weighted by Gasteiger charge is -2.33. The van der Waals surface area contributed by atoms with Crippen molar-refractivity contribution < 1.29 is 18.4 Å². The SMILES string of the molecule is O=C(NCc1ccc(Br)cc1F)[C@@H]1C2CCC([C@H]1C(=O)NC1CCNCC1F)C21CC1. The topological polar surface area (TPSA) is 70.2 Å². The number of benzene rings is 1. The summed E-state index contributed by atoms with van der Waals surface area (Å²) in [6, 6.07) is 4.26. The molecule has 168 valence electrons. The molecule has 3 aliphatic carbocycles. The molecule has 8 heteroatoms. The lowest BCUT2D eigenvalue weighted by molar-refractivity contribution is -0.138. The molecule has 0 radical (unpaired) electrons. The predicted molar refractivity (Wildman–Crippen MR) is 115 cm³/mol. The Morgan fingerprint density at radius 1 is 1.13 bits per heavy atom. The largest absolute Gasteiger partial charge is 0.352 e. The third-order valence-corrected chi connectivity index (χ3v) is 8.65. The number of amides is 2. The summed E-state index contributed by atoms with van der Waals surface area (Å²) in [6.45, 7) is 1.01. The fraction of sp³-hybridized carbons (Fsp3) is 0.652. The maximum Gasteiger partial charge on any atom is 0.224 e. The van der Waals surface area contributed by atoms with Crippen LogP contribution in [0.25, 0.3) is 0 Å². The molecule has 4 fully saturated rings. The molecule has 31 heavy (non-hydrogen) atoms. The Bertz CT molecular complexity index is 894. The number of alkyl halides is 1. The highest BCUT2D eigenvalue weighted by Gasteiger charge is 2.71. The molecular weight excluding hydrogens is 468 g/mol. The van der Waals surface area contributed by atoms with Crippen LogP contribution in [0.5, 0.6) is 0 Å². The molecule has 5 nitrogen and oxygen atoms in total. The summed E-state index contributed by atoms with van der Waals surface area (Å²) in [5, 5.41) is 8.83. The molecule has 6 atom stereocenters. The first-order chi connectivity index (χ1) is 14.9. The second-order valence-electron chi connectivity index (χ2n) is 9.65. The van der Waals surface area contributed by atoms with Gasteiger partial charge in [0.15, 0.2) is 0 Å². The monoisotopic (exact) mass is 495 g/mol. The van der Waals surface area contributed by atoms with Crippen LogP contribution in [-0.4, -0.2) is 37.1 Å². The standard InChI is InChI=1S/C23H28BrF2N3O2/c24-13-2-1-12(16(25)9-13)10-28-21(30)19-14-3-4-15(23(14)6-7-23)20(19)22(31)29-18-5-8-27-11-17(18)26/h1-2,9,14-15,17-20,27H,3-8,10-11H2,(H,28,30)(H,29,31)/t14?,15?,17?,18?,19-,20-/m1/s1.